The number of nitrogens with one attached hydrogen (secondary N) is 1. The zero-order chi connectivity index (χ0) is 13.2. The summed E-state index contributed by atoms with van der Waals surface area (Å²) < 4.78 is 1.84. The minimum absolute atomic E-state index is 0.783. The minimum atomic E-state index is 0.783. The Kier molecular flexibility index (Phi) is 2.91. The predicted octanol–water partition coefficient (Wildman–Crippen LogP) is 2.89. The second-order valence-electron chi connectivity index (χ2n) is 4.68. The van der Waals surface area contributed by atoms with Gasteiger partial charge in [-0.25, -0.2) is 0 Å². The maximum atomic E-state index is 4.34. The molecule has 0 unspecified atom stereocenters. The standard InChI is InChI=1S/C15H16N4/c1-11-13(10-19(2)18-11)9-17-14-5-6-15-12(8-14)4-3-7-16-15/h3-8,10,17H,9H2,1-2H3. The highest BCUT2D eigenvalue weighted by Gasteiger charge is 2.03. The van der Waals surface area contributed by atoms with E-state index in [1.54, 1.807) is 0 Å². The van der Waals surface area contributed by atoms with E-state index >= 15 is 0 Å². The lowest BCUT2D eigenvalue weighted by Gasteiger charge is -2.06. The second kappa shape index (κ2) is 4.72. The highest BCUT2D eigenvalue weighted by atomic mass is 15.2. The van der Waals surface area contributed by atoms with E-state index in [-0.39, 0.29) is 0 Å². The molecule has 0 saturated carbocycles. The van der Waals surface area contributed by atoms with E-state index in [1.165, 1.54) is 5.56 Å². The Morgan fingerprint density at radius 1 is 1.26 bits per heavy atom. The fraction of sp³-hybridized carbons (Fsp3) is 0.200. The first-order chi connectivity index (χ1) is 9.22. The van der Waals surface area contributed by atoms with Crippen molar-refractivity contribution in [3.8, 4) is 0 Å². The first-order valence-electron chi connectivity index (χ1n) is 6.30. The molecule has 96 valence electrons. The lowest BCUT2D eigenvalue weighted by molar-refractivity contribution is 0.756. The number of pyridine rings is 1. The van der Waals surface area contributed by atoms with Crippen LogP contribution < -0.4 is 5.32 Å². The Bertz CT molecular complexity index is 715. The summed E-state index contributed by atoms with van der Waals surface area (Å²) in [5.41, 5.74) is 4.40. The number of anilines is 1. The van der Waals surface area contributed by atoms with Crippen LogP contribution in [0.3, 0.4) is 0 Å². The van der Waals surface area contributed by atoms with Gasteiger partial charge in [-0.15, -0.1) is 0 Å². The van der Waals surface area contributed by atoms with Crippen molar-refractivity contribution in [1.29, 1.82) is 0 Å². The van der Waals surface area contributed by atoms with Crippen LogP contribution in [0.15, 0.2) is 42.7 Å². The molecule has 1 aromatic carbocycles. The first kappa shape index (κ1) is 11.7. The molecule has 0 aliphatic heterocycles. The van der Waals surface area contributed by atoms with Crippen LogP contribution in [0.25, 0.3) is 10.9 Å². The Morgan fingerprint density at radius 2 is 2.16 bits per heavy atom. The Labute approximate surface area is 112 Å². The normalized spacial score (nSPS) is 10.8. The molecule has 3 rings (SSSR count). The SMILES string of the molecule is Cc1nn(C)cc1CNc1ccc2ncccc2c1. The van der Waals surface area contributed by atoms with Gasteiger partial charge in [0.1, 0.15) is 0 Å². The lowest BCUT2D eigenvalue weighted by atomic mass is 10.2. The van der Waals surface area contributed by atoms with E-state index in [0.29, 0.717) is 0 Å². The zero-order valence-corrected chi connectivity index (χ0v) is 11.1. The van der Waals surface area contributed by atoms with Crippen molar-refractivity contribution in [3.63, 3.8) is 0 Å². The summed E-state index contributed by atoms with van der Waals surface area (Å²) >= 11 is 0. The van der Waals surface area contributed by atoms with Gasteiger partial charge in [0, 0.05) is 42.6 Å². The van der Waals surface area contributed by atoms with Gasteiger partial charge in [0.2, 0.25) is 0 Å². The molecule has 3 aromatic rings. The van der Waals surface area contributed by atoms with Crippen molar-refractivity contribution in [2.75, 3.05) is 5.32 Å². The van der Waals surface area contributed by atoms with Crippen molar-refractivity contribution < 1.29 is 0 Å². The summed E-state index contributed by atoms with van der Waals surface area (Å²) in [5, 5.41) is 8.91. The molecule has 2 heterocycles. The van der Waals surface area contributed by atoms with Gasteiger partial charge in [-0.05, 0) is 31.2 Å². The summed E-state index contributed by atoms with van der Waals surface area (Å²) in [4.78, 5) is 4.32. The minimum Gasteiger partial charge on any atom is -0.381 e. The van der Waals surface area contributed by atoms with Crippen molar-refractivity contribution in [2.45, 2.75) is 13.5 Å². The molecule has 19 heavy (non-hydrogen) atoms. The fourth-order valence-electron chi connectivity index (χ4n) is 2.21. The summed E-state index contributed by atoms with van der Waals surface area (Å²) in [6.07, 6.45) is 3.86. The van der Waals surface area contributed by atoms with Crippen LogP contribution in [0, 0.1) is 6.92 Å². The molecule has 0 bridgehead atoms. The number of hydrogen-bond donors (Lipinski definition) is 1. The maximum Gasteiger partial charge on any atom is 0.0703 e. The zero-order valence-electron chi connectivity index (χ0n) is 11.1. The van der Waals surface area contributed by atoms with Gasteiger partial charge in [0.25, 0.3) is 0 Å². The largest absolute Gasteiger partial charge is 0.381 e. The maximum absolute atomic E-state index is 4.34. The molecule has 2 aromatic heterocycles. The summed E-state index contributed by atoms with van der Waals surface area (Å²) in [5.74, 6) is 0. The van der Waals surface area contributed by atoms with Crippen LogP contribution in [0.5, 0.6) is 0 Å². The highest BCUT2D eigenvalue weighted by Crippen LogP contribution is 2.18. The van der Waals surface area contributed by atoms with E-state index < -0.39 is 0 Å². The van der Waals surface area contributed by atoms with E-state index in [0.717, 1.165) is 28.8 Å². The monoisotopic (exact) mass is 252 g/mol. The Morgan fingerprint density at radius 3 is 2.95 bits per heavy atom. The third-order valence-corrected chi connectivity index (χ3v) is 3.20. The van der Waals surface area contributed by atoms with Crippen LogP contribution in [-0.2, 0) is 13.6 Å². The molecule has 0 saturated heterocycles. The van der Waals surface area contributed by atoms with Crippen molar-refractivity contribution >= 4 is 16.6 Å². The van der Waals surface area contributed by atoms with Gasteiger partial charge in [0.15, 0.2) is 0 Å². The number of hydrogen-bond acceptors (Lipinski definition) is 3. The van der Waals surface area contributed by atoms with Crippen LogP contribution in [0.2, 0.25) is 0 Å². The van der Waals surface area contributed by atoms with Crippen LogP contribution in [0.4, 0.5) is 5.69 Å². The van der Waals surface area contributed by atoms with Crippen LogP contribution in [0.1, 0.15) is 11.3 Å². The van der Waals surface area contributed by atoms with E-state index in [9.17, 15) is 0 Å². The molecule has 0 fully saturated rings. The molecule has 1 N–H and O–H groups in total. The summed E-state index contributed by atoms with van der Waals surface area (Å²) in [6, 6.07) is 10.2. The second-order valence-corrected chi connectivity index (χ2v) is 4.68. The fourth-order valence-corrected chi connectivity index (χ4v) is 2.21. The van der Waals surface area contributed by atoms with Gasteiger partial charge in [0.05, 0.1) is 11.2 Å². The lowest BCUT2D eigenvalue weighted by Crippen LogP contribution is -1.99. The summed E-state index contributed by atoms with van der Waals surface area (Å²) in [6.45, 7) is 2.81. The van der Waals surface area contributed by atoms with E-state index in [4.69, 9.17) is 0 Å². The van der Waals surface area contributed by atoms with Gasteiger partial charge < -0.3 is 5.32 Å². The van der Waals surface area contributed by atoms with Gasteiger partial charge >= 0.3 is 0 Å². The van der Waals surface area contributed by atoms with Crippen molar-refractivity contribution in [1.82, 2.24) is 14.8 Å². The molecular weight excluding hydrogens is 236 g/mol. The van der Waals surface area contributed by atoms with E-state index in [2.05, 4.69) is 33.6 Å². The number of rotatable bonds is 3. The van der Waals surface area contributed by atoms with Gasteiger partial charge in [-0.1, -0.05) is 6.07 Å². The number of aryl methyl sites for hydroxylation is 2. The molecule has 0 amide bonds. The third-order valence-electron chi connectivity index (χ3n) is 3.20. The average molecular weight is 252 g/mol. The molecule has 4 heteroatoms. The number of aromatic nitrogens is 3. The molecule has 0 aliphatic rings. The first-order valence-corrected chi connectivity index (χ1v) is 6.30. The van der Waals surface area contributed by atoms with Crippen molar-refractivity contribution in [2.24, 2.45) is 7.05 Å². The van der Waals surface area contributed by atoms with E-state index in [1.807, 2.05) is 43.2 Å². The van der Waals surface area contributed by atoms with Crippen LogP contribution in [-0.4, -0.2) is 14.8 Å². The highest BCUT2D eigenvalue weighted by molar-refractivity contribution is 5.82. The smallest absolute Gasteiger partial charge is 0.0703 e. The Hall–Kier alpha value is -2.36. The number of nitrogens with zero attached hydrogens (tertiary/aromatic N) is 3. The molecule has 0 atom stereocenters. The van der Waals surface area contributed by atoms with Crippen molar-refractivity contribution in [3.05, 3.63) is 54.0 Å². The third kappa shape index (κ3) is 2.42. The topological polar surface area (TPSA) is 42.7 Å². The van der Waals surface area contributed by atoms with Gasteiger partial charge in [-0.2, -0.15) is 5.10 Å². The quantitative estimate of drug-likeness (QED) is 0.779. The Balaban J connectivity index is 1.80. The number of benzene rings is 1. The molecule has 0 radical (unpaired) electrons. The van der Waals surface area contributed by atoms with Gasteiger partial charge in [-0.3, -0.25) is 9.67 Å². The summed E-state index contributed by atoms with van der Waals surface area (Å²) in [7, 11) is 1.94. The molecule has 0 spiro atoms. The van der Waals surface area contributed by atoms with Crippen LogP contribution >= 0.6 is 0 Å². The molecule has 4 nitrogen and oxygen atoms in total. The predicted molar refractivity (Wildman–Crippen MR) is 77.0 cm³/mol. The molecule has 0 aliphatic carbocycles. The average Bonchev–Trinajstić information content (AvgIpc) is 2.74. The number of fused-ring (bicyclic) bond motifs is 1. The molecular formula is C15H16N4.